The normalized spacial score (nSPS) is 21.3. The number of aliphatic hydroxyl groups excluding tert-OH is 1. The van der Waals surface area contributed by atoms with Crippen molar-refractivity contribution in [2.24, 2.45) is 0 Å². The summed E-state index contributed by atoms with van der Waals surface area (Å²) in [5.41, 5.74) is -1.44. The largest absolute Gasteiger partial charge is 0.444 e. The molecule has 8 heteroatoms. The minimum absolute atomic E-state index is 0.140. The Morgan fingerprint density at radius 2 is 2.00 bits per heavy atom. The van der Waals surface area contributed by atoms with E-state index in [-0.39, 0.29) is 30.8 Å². The molecule has 2 N–H and O–H groups in total. The van der Waals surface area contributed by atoms with Crippen LogP contribution in [0.25, 0.3) is 0 Å². The molecule has 1 atom stereocenters. The van der Waals surface area contributed by atoms with E-state index in [1.165, 1.54) is 12.1 Å². The van der Waals surface area contributed by atoms with Crippen molar-refractivity contribution in [2.45, 2.75) is 57.1 Å². The van der Waals surface area contributed by atoms with Crippen LogP contribution in [-0.4, -0.2) is 41.9 Å². The van der Waals surface area contributed by atoms with E-state index in [1.54, 1.807) is 20.8 Å². The van der Waals surface area contributed by atoms with Crippen LogP contribution in [0.15, 0.2) is 12.1 Å². The number of hydrogen-bond donors (Lipinski definition) is 2. The Balaban J connectivity index is 1.75. The number of benzene rings is 1. The summed E-state index contributed by atoms with van der Waals surface area (Å²) in [5, 5.41) is 11.9. The summed E-state index contributed by atoms with van der Waals surface area (Å²) >= 11 is 0. The minimum Gasteiger partial charge on any atom is -0.444 e. The van der Waals surface area contributed by atoms with Gasteiger partial charge in [0.2, 0.25) is 5.91 Å². The Labute approximate surface area is 156 Å². The summed E-state index contributed by atoms with van der Waals surface area (Å²) in [6.07, 6.45) is 0.734. The summed E-state index contributed by atoms with van der Waals surface area (Å²) in [5.74, 6) is -2.66. The predicted octanol–water partition coefficient (Wildman–Crippen LogP) is 2.62. The first-order valence-electron chi connectivity index (χ1n) is 8.98. The molecule has 2 amide bonds. The Morgan fingerprint density at radius 1 is 1.33 bits per heavy atom. The van der Waals surface area contributed by atoms with Crippen LogP contribution in [-0.2, 0) is 14.9 Å². The highest BCUT2D eigenvalue weighted by Crippen LogP contribution is 2.49. The van der Waals surface area contributed by atoms with E-state index < -0.39 is 40.7 Å². The number of anilines is 1. The van der Waals surface area contributed by atoms with Gasteiger partial charge in [-0.2, -0.15) is 0 Å². The summed E-state index contributed by atoms with van der Waals surface area (Å²) in [6.45, 7) is 5.02. The number of nitrogens with one attached hydrogen (secondary N) is 1. The molecule has 1 aliphatic heterocycles. The average molecular weight is 382 g/mol. The summed E-state index contributed by atoms with van der Waals surface area (Å²) < 4.78 is 34.3. The van der Waals surface area contributed by atoms with Crippen molar-refractivity contribution < 1.29 is 28.2 Å². The zero-order valence-electron chi connectivity index (χ0n) is 15.6. The highest BCUT2D eigenvalue weighted by Gasteiger charge is 2.47. The van der Waals surface area contributed by atoms with Crippen molar-refractivity contribution in [3.05, 3.63) is 29.3 Å². The molecule has 6 nitrogen and oxygen atoms in total. The first-order chi connectivity index (χ1) is 12.6. The lowest BCUT2D eigenvalue weighted by atomic mass is 9.95. The second-order valence-corrected chi connectivity index (χ2v) is 8.18. The lowest BCUT2D eigenvalue weighted by Crippen LogP contribution is -2.44. The zero-order valence-corrected chi connectivity index (χ0v) is 15.6. The van der Waals surface area contributed by atoms with Gasteiger partial charge in [-0.05, 0) is 51.7 Å². The van der Waals surface area contributed by atoms with Crippen molar-refractivity contribution in [3.63, 3.8) is 0 Å². The molecule has 3 rings (SSSR count). The molecule has 0 spiro atoms. The van der Waals surface area contributed by atoms with Gasteiger partial charge in [0.05, 0.1) is 12.3 Å². The van der Waals surface area contributed by atoms with Gasteiger partial charge in [0.25, 0.3) is 0 Å². The number of halogens is 2. The molecule has 1 heterocycles. The highest BCUT2D eigenvalue weighted by molar-refractivity contribution is 6.01. The van der Waals surface area contributed by atoms with E-state index in [9.17, 15) is 23.5 Å². The maximum Gasteiger partial charge on any atom is 0.408 e. The van der Waals surface area contributed by atoms with Crippen molar-refractivity contribution in [3.8, 4) is 0 Å². The molecule has 0 radical (unpaired) electrons. The van der Waals surface area contributed by atoms with Crippen LogP contribution in [0.5, 0.6) is 0 Å². The standard InChI is InChI=1S/C19H24F2N2O4/c1-18(2,3)27-17(26)22-12-6-9-23(16(12)25)13-5-4-11(14(20)15(13)21)19(10-24)7-8-19/h4-5,12,24H,6-10H2,1-3H3,(H,22,26)/t12-/m1/s1. The third-order valence-corrected chi connectivity index (χ3v) is 4.98. The molecule has 1 aromatic rings. The Kier molecular flexibility index (Phi) is 4.88. The molecule has 2 aliphatic rings. The number of carbonyl (C=O) groups is 2. The summed E-state index contributed by atoms with van der Waals surface area (Å²) in [6, 6.07) is 1.94. The van der Waals surface area contributed by atoms with E-state index in [0.717, 1.165) is 4.90 Å². The molecule has 1 aliphatic carbocycles. The molecule has 0 bridgehead atoms. The number of aliphatic hydroxyl groups is 1. The number of amides is 2. The first kappa shape index (κ1) is 19.5. The third-order valence-electron chi connectivity index (χ3n) is 4.98. The fourth-order valence-corrected chi connectivity index (χ4v) is 3.32. The third kappa shape index (κ3) is 3.76. The second kappa shape index (κ2) is 6.74. The topological polar surface area (TPSA) is 78.9 Å². The molecule has 0 aromatic heterocycles. The Morgan fingerprint density at radius 3 is 2.56 bits per heavy atom. The van der Waals surface area contributed by atoms with Crippen molar-refractivity contribution in [1.29, 1.82) is 0 Å². The summed E-state index contributed by atoms with van der Waals surface area (Å²) in [4.78, 5) is 25.5. The van der Waals surface area contributed by atoms with Gasteiger partial charge in [-0.25, -0.2) is 13.6 Å². The maximum absolute atomic E-state index is 14.6. The number of rotatable bonds is 4. The molecule has 0 unspecified atom stereocenters. The number of ether oxygens (including phenoxy) is 1. The minimum atomic E-state index is -1.11. The molecule has 27 heavy (non-hydrogen) atoms. The highest BCUT2D eigenvalue weighted by atomic mass is 19.2. The van der Waals surface area contributed by atoms with Crippen LogP contribution in [0.2, 0.25) is 0 Å². The second-order valence-electron chi connectivity index (χ2n) is 8.18. The van der Waals surface area contributed by atoms with Gasteiger partial charge in [0, 0.05) is 12.0 Å². The van der Waals surface area contributed by atoms with Crippen LogP contribution in [0.3, 0.4) is 0 Å². The molecule has 1 saturated carbocycles. The molecular formula is C19H24F2N2O4. The molecular weight excluding hydrogens is 358 g/mol. The van der Waals surface area contributed by atoms with Crippen LogP contribution in [0.1, 0.15) is 45.6 Å². The molecule has 1 saturated heterocycles. The fourth-order valence-electron chi connectivity index (χ4n) is 3.32. The molecule has 148 valence electrons. The zero-order chi connectivity index (χ0) is 20.0. The van der Waals surface area contributed by atoms with Gasteiger partial charge in [-0.3, -0.25) is 4.79 Å². The average Bonchev–Trinajstić information content (AvgIpc) is 3.29. The quantitative estimate of drug-likeness (QED) is 0.839. The van der Waals surface area contributed by atoms with Crippen molar-refractivity contribution >= 4 is 17.7 Å². The summed E-state index contributed by atoms with van der Waals surface area (Å²) in [7, 11) is 0. The van der Waals surface area contributed by atoms with Gasteiger partial charge in [0.15, 0.2) is 11.6 Å². The number of nitrogens with zero attached hydrogens (tertiary/aromatic N) is 1. The van der Waals surface area contributed by atoms with Crippen molar-refractivity contribution in [1.82, 2.24) is 5.32 Å². The van der Waals surface area contributed by atoms with Gasteiger partial charge >= 0.3 is 6.09 Å². The van der Waals surface area contributed by atoms with Crippen LogP contribution in [0.4, 0.5) is 19.3 Å². The van der Waals surface area contributed by atoms with Gasteiger partial charge < -0.3 is 20.1 Å². The molecule has 2 fully saturated rings. The predicted molar refractivity (Wildman–Crippen MR) is 94.5 cm³/mol. The first-order valence-corrected chi connectivity index (χ1v) is 8.98. The SMILES string of the molecule is CC(C)(C)OC(=O)N[C@@H]1CCN(c2ccc(C3(CO)CC3)c(F)c2F)C1=O. The van der Waals surface area contributed by atoms with Gasteiger partial charge in [0.1, 0.15) is 11.6 Å². The van der Waals surface area contributed by atoms with E-state index in [0.29, 0.717) is 12.8 Å². The van der Waals surface area contributed by atoms with Crippen LogP contribution < -0.4 is 10.2 Å². The number of hydrogen-bond acceptors (Lipinski definition) is 4. The van der Waals surface area contributed by atoms with E-state index in [4.69, 9.17) is 4.74 Å². The van der Waals surface area contributed by atoms with E-state index >= 15 is 0 Å². The van der Waals surface area contributed by atoms with Crippen LogP contribution >= 0.6 is 0 Å². The van der Waals surface area contributed by atoms with Crippen molar-refractivity contribution in [2.75, 3.05) is 18.1 Å². The van der Waals surface area contributed by atoms with Crippen LogP contribution in [0, 0.1) is 11.6 Å². The maximum atomic E-state index is 14.6. The van der Waals surface area contributed by atoms with E-state index in [2.05, 4.69) is 5.32 Å². The fraction of sp³-hybridized carbons (Fsp3) is 0.579. The lowest BCUT2D eigenvalue weighted by Gasteiger charge is -2.22. The number of carbonyl (C=O) groups excluding carboxylic acids is 2. The Bertz CT molecular complexity index is 772. The smallest absolute Gasteiger partial charge is 0.408 e. The number of alkyl carbamates (subject to hydrolysis) is 1. The monoisotopic (exact) mass is 382 g/mol. The Hall–Kier alpha value is -2.22. The lowest BCUT2D eigenvalue weighted by molar-refractivity contribution is -0.118. The molecule has 1 aromatic carbocycles. The van der Waals surface area contributed by atoms with Gasteiger partial charge in [-0.15, -0.1) is 0 Å². The van der Waals surface area contributed by atoms with Gasteiger partial charge in [-0.1, -0.05) is 6.07 Å². The van der Waals surface area contributed by atoms with E-state index in [1.807, 2.05) is 0 Å².